The molecule has 9 heteroatoms. The number of urea groups is 1. The van der Waals surface area contributed by atoms with Gasteiger partial charge in [0.1, 0.15) is 13.1 Å². The van der Waals surface area contributed by atoms with E-state index in [1.807, 2.05) is 0 Å². The Bertz CT molecular complexity index is 354. The highest BCUT2D eigenvalue weighted by atomic mass is 16.5. The number of rotatable bonds is 7. The van der Waals surface area contributed by atoms with E-state index in [1.54, 1.807) is 0 Å². The van der Waals surface area contributed by atoms with Gasteiger partial charge in [0.05, 0.1) is 13.5 Å². The Morgan fingerprint density at radius 3 is 2.21 bits per heavy atom. The molecule has 0 aromatic carbocycles. The highest BCUT2D eigenvalue weighted by molar-refractivity contribution is 5.86. The Balaban J connectivity index is 4.54. The lowest BCUT2D eigenvalue weighted by molar-refractivity contribution is -0.141. The molecule has 0 aliphatic carbocycles. The van der Waals surface area contributed by atoms with E-state index in [4.69, 9.17) is 10.8 Å². The number of esters is 1. The van der Waals surface area contributed by atoms with Crippen LogP contribution in [0.1, 0.15) is 6.42 Å². The molecular formula is C10H17N3O6. The van der Waals surface area contributed by atoms with Crippen molar-refractivity contribution < 1.29 is 29.0 Å². The van der Waals surface area contributed by atoms with Crippen LogP contribution < -0.4 is 5.73 Å². The number of carboxylic acids is 1. The summed E-state index contributed by atoms with van der Waals surface area (Å²) in [5.41, 5.74) is 4.93. The van der Waals surface area contributed by atoms with E-state index in [2.05, 4.69) is 4.74 Å². The average molecular weight is 275 g/mol. The summed E-state index contributed by atoms with van der Waals surface area (Å²) in [4.78, 5) is 46.0. The highest BCUT2D eigenvalue weighted by Gasteiger charge is 2.22. The average Bonchev–Trinajstić information content (AvgIpc) is 2.32. The predicted octanol–water partition coefficient (Wildman–Crippen LogP) is -1.53. The lowest BCUT2D eigenvalue weighted by Gasteiger charge is -2.25. The number of methoxy groups -OCH3 is 1. The van der Waals surface area contributed by atoms with Crippen LogP contribution in [0.2, 0.25) is 0 Å². The number of carbonyl (C=O) groups is 4. The molecule has 108 valence electrons. The van der Waals surface area contributed by atoms with Gasteiger partial charge in [0.2, 0.25) is 5.91 Å². The number of primary amides is 1. The zero-order valence-corrected chi connectivity index (χ0v) is 10.8. The van der Waals surface area contributed by atoms with E-state index in [0.717, 1.165) is 9.80 Å². The third-order valence-corrected chi connectivity index (χ3v) is 2.15. The van der Waals surface area contributed by atoms with Crippen molar-refractivity contribution in [3.05, 3.63) is 0 Å². The zero-order chi connectivity index (χ0) is 15.0. The van der Waals surface area contributed by atoms with Crippen molar-refractivity contribution in [1.82, 2.24) is 9.80 Å². The molecule has 0 saturated carbocycles. The Kier molecular flexibility index (Phi) is 6.94. The molecule has 0 atom stereocenters. The number of aliphatic carboxylic acids is 1. The number of carboxylic acid groups (broad SMARTS) is 1. The SMILES string of the molecule is COC(=O)CCN(C)C(=O)N(CC(N)=O)CC(=O)O. The van der Waals surface area contributed by atoms with Crippen LogP contribution >= 0.6 is 0 Å². The van der Waals surface area contributed by atoms with Crippen molar-refractivity contribution in [2.24, 2.45) is 5.73 Å². The number of nitrogens with two attached hydrogens (primary N) is 1. The lowest BCUT2D eigenvalue weighted by atomic mass is 10.4. The molecule has 0 rings (SSSR count). The first-order chi connectivity index (χ1) is 8.77. The minimum absolute atomic E-state index is 0.0315. The number of hydrogen-bond acceptors (Lipinski definition) is 5. The first-order valence-corrected chi connectivity index (χ1v) is 5.34. The summed E-state index contributed by atoms with van der Waals surface area (Å²) in [6.07, 6.45) is -0.0315. The predicted molar refractivity (Wildman–Crippen MR) is 63.1 cm³/mol. The molecular weight excluding hydrogens is 258 g/mol. The second kappa shape index (κ2) is 7.90. The van der Waals surface area contributed by atoms with Gasteiger partial charge in [-0.2, -0.15) is 0 Å². The summed E-state index contributed by atoms with van der Waals surface area (Å²) in [6, 6.07) is -0.704. The number of nitrogens with zero attached hydrogens (tertiary/aromatic N) is 2. The highest BCUT2D eigenvalue weighted by Crippen LogP contribution is 1.99. The molecule has 0 aliphatic rings. The van der Waals surface area contributed by atoms with Gasteiger partial charge in [-0.1, -0.05) is 0 Å². The topological polar surface area (TPSA) is 130 Å². The van der Waals surface area contributed by atoms with Crippen molar-refractivity contribution in [3.63, 3.8) is 0 Å². The summed E-state index contributed by atoms with van der Waals surface area (Å²) in [5.74, 6) is -2.59. The van der Waals surface area contributed by atoms with Crippen LogP contribution in [0, 0.1) is 0 Å². The molecule has 0 aromatic rings. The van der Waals surface area contributed by atoms with Crippen LogP contribution in [-0.2, 0) is 19.1 Å². The molecule has 0 spiro atoms. The second-order valence-electron chi connectivity index (χ2n) is 3.75. The molecule has 19 heavy (non-hydrogen) atoms. The fourth-order valence-electron chi connectivity index (χ4n) is 1.24. The fraction of sp³-hybridized carbons (Fsp3) is 0.600. The Hall–Kier alpha value is -2.32. The van der Waals surface area contributed by atoms with Gasteiger partial charge in [-0.05, 0) is 0 Å². The number of carbonyl (C=O) groups excluding carboxylic acids is 3. The summed E-state index contributed by atoms with van der Waals surface area (Å²) in [5, 5.41) is 8.65. The van der Waals surface area contributed by atoms with Crippen molar-refractivity contribution >= 4 is 23.9 Å². The number of amides is 3. The third kappa shape index (κ3) is 6.86. The maximum atomic E-state index is 11.8. The number of ether oxygens (including phenoxy) is 1. The fourth-order valence-corrected chi connectivity index (χ4v) is 1.24. The van der Waals surface area contributed by atoms with Gasteiger partial charge < -0.3 is 25.4 Å². The van der Waals surface area contributed by atoms with Crippen LogP contribution in [0.15, 0.2) is 0 Å². The van der Waals surface area contributed by atoms with E-state index in [-0.39, 0.29) is 13.0 Å². The van der Waals surface area contributed by atoms with Gasteiger partial charge in [-0.15, -0.1) is 0 Å². The monoisotopic (exact) mass is 275 g/mol. The van der Waals surface area contributed by atoms with Crippen LogP contribution in [-0.4, -0.2) is 72.6 Å². The molecule has 0 saturated heterocycles. The van der Waals surface area contributed by atoms with E-state index >= 15 is 0 Å². The first-order valence-electron chi connectivity index (χ1n) is 5.34. The molecule has 0 aliphatic heterocycles. The van der Waals surface area contributed by atoms with E-state index in [9.17, 15) is 19.2 Å². The summed E-state index contributed by atoms with van der Waals surface area (Å²) >= 11 is 0. The van der Waals surface area contributed by atoms with Gasteiger partial charge in [0.25, 0.3) is 0 Å². The zero-order valence-electron chi connectivity index (χ0n) is 10.8. The normalized spacial score (nSPS) is 9.58. The van der Waals surface area contributed by atoms with Gasteiger partial charge in [-0.25, -0.2) is 4.79 Å². The van der Waals surface area contributed by atoms with Crippen molar-refractivity contribution in [1.29, 1.82) is 0 Å². The Morgan fingerprint density at radius 1 is 1.21 bits per heavy atom. The molecule has 0 bridgehead atoms. The van der Waals surface area contributed by atoms with Crippen LogP contribution in [0.5, 0.6) is 0 Å². The Morgan fingerprint density at radius 2 is 1.79 bits per heavy atom. The molecule has 9 nitrogen and oxygen atoms in total. The summed E-state index contributed by atoms with van der Waals surface area (Å²) in [6.45, 7) is -1.11. The van der Waals surface area contributed by atoms with Crippen LogP contribution in [0.25, 0.3) is 0 Å². The van der Waals surface area contributed by atoms with Crippen molar-refractivity contribution in [2.75, 3.05) is 33.8 Å². The summed E-state index contributed by atoms with van der Waals surface area (Å²) < 4.78 is 4.41. The smallest absolute Gasteiger partial charge is 0.323 e. The van der Waals surface area contributed by atoms with Crippen molar-refractivity contribution in [2.45, 2.75) is 6.42 Å². The first kappa shape index (κ1) is 16.7. The van der Waals surface area contributed by atoms with E-state index in [0.29, 0.717) is 0 Å². The van der Waals surface area contributed by atoms with Crippen molar-refractivity contribution in [3.8, 4) is 0 Å². The van der Waals surface area contributed by atoms with E-state index in [1.165, 1.54) is 14.2 Å². The van der Waals surface area contributed by atoms with Gasteiger partial charge in [0.15, 0.2) is 0 Å². The quantitative estimate of drug-likeness (QED) is 0.542. The lowest BCUT2D eigenvalue weighted by Crippen LogP contribution is -2.47. The maximum Gasteiger partial charge on any atom is 0.323 e. The molecule has 0 heterocycles. The minimum atomic E-state index is -1.27. The van der Waals surface area contributed by atoms with Gasteiger partial charge in [0, 0.05) is 13.6 Å². The molecule has 3 N–H and O–H groups in total. The standard InChI is InChI=1S/C10H17N3O6/c1-12(4-3-9(17)19-2)10(18)13(5-7(11)14)6-8(15)16/h3-6H2,1-2H3,(H2,11,14)(H,15,16). The molecule has 0 aromatic heterocycles. The second-order valence-corrected chi connectivity index (χ2v) is 3.75. The molecule has 3 amide bonds. The number of hydrogen-bond donors (Lipinski definition) is 2. The van der Waals surface area contributed by atoms with Gasteiger partial charge in [-0.3, -0.25) is 14.4 Å². The summed E-state index contributed by atoms with van der Waals surface area (Å²) in [7, 11) is 2.59. The van der Waals surface area contributed by atoms with Gasteiger partial charge >= 0.3 is 18.0 Å². The van der Waals surface area contributed by atoms with Crippen LogP contribution in [0.4, 0.5) is 4.79 Å². The maximum absolute atomic E-state index is 11.8. The largest absolute Gasteiger partial charge is 0.480 e. The molecule has 0 radical (unpaired) electrons. The molecule has 0 unspecified atom stereocenters. The van der Waals surface area contributed by atoms with Crippen LogP contribution in [0.3, 0.4) is 0 Å². The van der Waals surface area contributed by atoms with E-state index < -0.39 is 37.0 Å². The Labute approximate surface area is 109 Å². The third-order valence-electron chi connectivity index (χ3n) is 2.15. The minimum Gasteiger partial charge on any atom is -0.480 e. The molecule has 0 fully saturated rings.